The minimum Gasteiger partial charge on any atom is -0.383 e. The quantitative estimate of drug-likeness (QED) is 0.699. The van der Waals surface area contributed by atoms with Crippen molar-refractivity contribution in [2.75, 3.05) is 24.1 Å². The molecule has 0 aliphatic heterocycles. The van der Waals surface area contributed by atoms with Crippen molar-refractivity contribution in [3.05, 3.63) is 11.9 Å². The number of aromatic nitrogens is 2. The SMILES string of the molecule is Cc1c(N)ncnc1NCCC(=O)NCC(C)C. The minimum atomic E-state index is 0.0379. The molecule has 0 atom stereocenters. The first-order valence-corrected chi connectivity index (χ1v) is 6.08. The van der Waals surface area contributed by atoms with Crippen LogP contribution in [0, 0.1) is 12.8 Å². The zero-order chi connectivity index (χ0) is 13.5. The fraction of sp³-hybridized carbons (Fsp3) is 0.583. The summed E-state index contributed by atoms with van der Waals surface area (Å²) in [5.41, 5.74) is 6.47. The van der Waals surface area contributed by atoms with E-state index in [0.29, 0.717) is 37.1 Å². The highest BCUT2D eigenvalue weighted by Gasteiger charge is 2.05. The summed E-state index contributed by atoms with van der Waals surface area (Å²) in [6, 6.07) is 0. The van der Waals surface area contributed by atoms with Crippen molar-refractivity contribution in [3.63, 3.8) is 0 Å². The molecule has 0 aromatic carbocycles. The summed E-state index contributed by atoms with van der Waals surface area (Å²) in [6.07, 6.45) is 1.82. The second-order valence-corrected chi connectivity index (χ2v) is 4.61. The molecule has 0 aliphatic carbocycles. The van der Waals surface area contributed by atoms with Gasteiger partial charge in [0.25, 0.3) is 0 Å². The van der Waals surface area contributed by atoms with E-state index in [4.69, 9.17) is 5.73 Å². The van der Waals surface area contributed by atoms with Gasteiger partial charge in [0.1, 0.15) is 18.0 Å². The Kier molecular flexibility index (Phi) is 5.35. The number of nitrogens with two attached hydrogens (primary N) is 1. The van der Waals surface area contributed by atoms with Crippen LogP contribution in [0.25, 0.3) is 0 Å². The highest BCUT2D eigenvalue weighted by atomic mass is 16.1. The summed E-state index contributed by atoms with van der Waals surface area (Å²) in [6.45, 7) is 7.20. The molecule has 6 nitrogen and oxygen atoms in total. The molecule has 1 rings (SSSR count). The Morgan fingerprint density at radius 3 is 2.83 bits per heavy atom. The number of anilines is 2. The number of rotatable bonds is 6. The van der Waals surface area contributed by atoms with Crippen molar-refractivity contribution >= 4 is 17.5 Å². The molecule has 0 radical (unpaired) electrons. The Morgan fingerprint density at radius 1 is 1.44 bits per heavy atom. The molecule has 6 heteroatoms. The molecule has 0 aliphatic rings. The maximum atomic E-state index is 11.5. The van der Waals surface area contributed by atoms with Crippen LogP contribution < -0.4 is 16.4 Å². The lowest BCUT2D eigenvalue weighted by Crippen LogP contribution is -2.28. The predicted octanol–water partition coefficient (Wildman–Crippen LogP) is 0.941. The third kappa shape index (κ3) is 4.57. The molecule has 1 aromatic rings. The van der Waals surface area contributed by atoms with Gasteiger partial charge in [0.2, 0.25) is 5.91 Å². The molecule has 0 fully saturated rings. The topological polar surface area (TPSA) is 92.9 Å². The van der Waals surface area contributed by atoms with Gasteiger partial charge in [0, 0.05) is 25.1 Å². The molecule has 0 unspecified atom stereocenters. The van der Waals surface area contributed by atoms with E-state index in [1.807, 2.05) is 6.92 Å². The maximum absolute atomic E-state index is 11.5. The van der Waals surface area contributed by atoms with Crippen LogP contribution in [0.1, 0.15) is 25.8 Å². The van der Waals surface area contributed by atoms with Gasteiger partial charge in [-0.1, -0.05) is 13.8 Å². The van der Waals surface area contributed by atoms with Crippen LogP contribution in [0.4, 0.5) is 11.6 Å². The number of nitrogens with one attached hydrogen (secondary N) is 2. The highest BCUT2D eigenvalue weighted by Crippen LogP contribution is 2.14. The molecule has 1 aromatic heterocycles. The number of hydrogen-bond acceptors (Lipinski definition) is 5. The summed E-state index contributed by atoms with van der Waals surface area (Å²) in [4.78, 5) is 19.4. The van der Waals surface area contributed by atoms with Crippen LogP contribution in [0.5, 0.6) is 0 Å². The maximum Gasteiger partial charge on any atom is 0.221 e. The van der Waals surface area contributed by atoms with E-state index >= 15 is 0 Å². The molecule has 4 N–H and O–H groups in total. The zero-order valence-corrected chi connectivity index (χ0v) is 11.2. The van der Waals surface area contributed by atoms with Crippen LogP contribution in [-0.4, -0.2) is 29.0 Å². The molecular weight excluding hydrogens is 230 g/mol. The van der Waals surface area contributed by atoms with Crippen molar-refractivity contribution in [1.82, 2.24) is 15.3 Å². The van der Waals surface area contributed by atoms with Crippen LogP contribution in [0.3, 0.4) is 0 Å². The van der Waals surface area contributed by atoms with Crippen LogP contribution >= 0.6 is 0 Å². The second-order valence-electron chi connectivity index (χ2n) is 4.61. The average molecular weight is 251 g/mol. The number of nitrogen functional groups attached to an aromatic ring is 1. The van der Waals surface area contributed by atoms with Gasteiger partial charge in [-0.25, -0.2) is 9.97 Å². The lowest BCUT2D eigenvalue weighted by atomic mass is 10.2. The molecule has 0 saturated carbocycles. The van der Waals surface area contributed by atoms with E-state index in [1.54, 1.807) is 0 Å². The summed E-state index contributed by atoms with van der Waals surface area (Å²) >= 11 is 0. The van der Waals surface area contributed by atoms with Crippen molar-refractivity contribution < 1.29 is 4.79 Å². The van der Waals surface area contributed by atoms with Gasteiger partial charge in [-0.2, -0.15) is 0 Å². The predicted molar refractivity (Wildman–Crippen MR) is 72.1 cm³/mol. The normalized spacial score (nSPS) is 10.4. The molecule has 18 heavy (non-hydrogen) atoms. The Labute approximate surface area is 107 Å². The lowest BCUT2D eigenvalue weighted by molar-refractivity contribution is -0.120. The van der Waals surface area contributed by atoms with Crippen molar-refractivity contribution in [3.8, 4) is 0 Å². The minimum absolute atomic E-state index is 0.0379. The summed E-state index contributed by atoms with van der Waals surface area (Å²) < 4.78 is 0. The van der Waals surface area contributed by atoms with E-state index in [9.17, 15) is 4.79 Å². The van der Waals surface area contributed by atoms with Gasteiger partial charge < -0.3 is 16.4 Å². The molecule has 1 heterocycles. The zero-order valence-electron chi connectivity index (χ0n) is 11.2. The fourth-order valence-electron chi connectivity index (χ4n) is 1.34. The van der Waals surface area contributed by atoms with E-state index in [2.05, 4.69) is 34.4 Å². The van der Waals surface area contributed by atoms with Crippen LogP contribution in [0.15, 0.2) is 6.33 Å². The molecule has 0 spiro atoms. The van der Waals surface area contributed by atoms with E-state index in [0.717, 1.165) is 5.56 Å². The third-order valence-corrected chi connectivity index (χ3v) is 2.48. The van der Waals surface area contributed by atoms with Gasteiger partial charge in [0.05, 0.1) is 0 Å². The van der Waals surface area contributed by atoms with Crippen LogP contribution in [0.2, 0.25) is 0 Å². The van der Waals surface area contributed by atoms with Crippen molar-refractivity contribution in [2.24, 2.45) is 5.92 Å². The number of nitrogens with zero attached hydrogens (tertiary/aromatic N) is 2. The third-order valence-electron chi connectivity index (χ3n) is 2.48. The molecule has 0 saturated heterocycles. The Morgan fingerprint density at radius 2 is 2.17 bits per heavy atom. The van der Waals surface area contributed by atoms with Gasteiger partial charge in [-0.05, 0) is 12.8 Å². The Balaban J connectivity index is 2.33. The van der Waals surface area contributed by atoms with Gasteiger partial charge in [-0.3, -0.25) is 4.79 Å². The first-order chi connectivity index (χ1) is 8.50. The number of hydrogen-bond donors (Lipinski definition) is 3. The van der Waals surface area contributed by atoms with Gasteiger partial charge >= 0.3 is 0 Å². The molecule has 1 amide bonds. The first-order valence-electron chi connectivity index (χ1n) is 6.08. The van der Waals surface area contributed by atoms with Gasteiger partial charge in [0.15, 0.2) is 0 Å². The fourth-order valence-corrected chi connectivity index (χ4v) is 1.34. The number of carbonyl (C=O) groups is 1. The van der Waals surface area contributed by atoms with Gasteiger partial charge in [-0.15, -0.1) is 0 Å². The molecule has 100 valence electrons. The Bertz CT molecular complexity index is 405. The van der Waals surface area contributed by atoms with Crippen LogP contribution in [-0.2, 0) is 4.79 Å². The Hall–Kier alpha value is -1.85. The summed E-state index contributed by atoms with van der Waals surface area (Å²) in [5, 5.41) is 5.94. The van der Waals surface area contributed by atoms with E-state index in [1.165, 1.54) is 6.33 Å². The number of amides is 1. The lowest BCUT2D eigenvalue weighted by Gasteiger charge is -2.10. The largest absolute Gasteiger partial charge is 0.383 e. The molecule has 0 bridgehead atoms. The standard InChI is InChI=1S/C12H21N5O/c1-8(2)6-15-10(18)4-5-14-12-9(3)11(13)16-7-17-12/h7-8H,4-6H2,1-3H3,(H,15,18)(H3,13,14,16,17). The van der Waals surface area contributed by atoms with E-state index in [-0.39, 0.29) is 5.91 Å². The smallest absolute Gasteiger partial charge is 0.221 e. The summed E-state index contributed by atoms with van der Waals surface area (Å²) in [5.74, 6) is 1.64. The highest BCUT2D eigenvalue weighted by molar-refractivity contribution is 5.76. The monoisotopic (exact) mass is 251 g/mol. The first kappa shape index (κ1) is 14.2. The second kappa shape index (κ2) is 6.78. The van der Waals surface area contributed by atoms with Crippen molar-refractivity contribution in [2.45, 2.75) is 27.2 Å². The van der Waals surface area contributed by atoms with Crippen molar-refractivity contribution in [1.29, 1.82) is 0 Å². The molecular formula is C12H21N5O. The average Bonchev–Trinajstić information content (AvgIpc) is 2.32. The summed E-state index contributed by atoms with van der Waals surface area (Å²) in [7, 11) is 0. The van der Waals surface area contributed by atoms with E-state index < -0.39 is 0 Å². The number of carbonyl (C=O) groups excluding carboxylic acids is 1.